The summed E-state index contributed by atoms with van der Waals surface area (Å²) in [4.78, 5) is 14.6. The molecule has 0 aliphatic rings. The number of hydrogen-bond acceptors (Lipinski definition) is 1. The summed E-state index contributed by atoms with van der Waals surface area (Å²) in [5.41, 5.74) is 8.42. The standard InChI is InChI=1S/C39H25NO/c41-39-35-25-29(26-12-4-1-5-13-26)20-22-32(35)37(28-16-8-3-9-17-28)38-33-19-11-10-18-31(33)34-24-30(21-23-36(34)40(38)39)27-14-6-2-7-15-27/h1-25H. The molecule has 0 fully saturated rings. The van der Waals surface area contributed by atoms with E-state index in [0.717, 1.165) is 66.0 Å². The minimum Gasteiger partial charge on any atom is -0.275 e. The second kappa shape index (κ2) is 9.32. The summed E-state index contributed by atoms with van der Waals surface area (Å²) in [6.07, 6.45) is 0. The van der Waals surface area contributed by atoms with Crippen molar-refractivity contribution in [2.45, 2.75) is 0 Å². The van der Waals surface area contributed by atoms with Crippen molar-refractivity contribution in [2.75, 3.05) is 0 Å². The van der Waals surface area contributed by atoms with Crippen LogP contribution in [-0.2, 0) is 0 Å². The van der Waals surface area contributed by atoms with E-state index >= 15 is 0 Å². The second-order valence-corrected chi connectivity index (χ2v) is 10.5. The summed E-state index contributed by atoms with van der Waals surface area (Å²) in [5.74, 6) is 0. The van der Waals surface area contributed by atoms with Gasteiger partial charge in [-0.3, -0.25) is 9.20 Å². The molecule has 0 bridgehead atoms. The summed E-state index contributed by atoms with van der Waals surface area (Å²) < 4.78 is 1.95. The van der Waals surface area contributed by atoms with Crippen molar-refractivity contribution in [3.05, 3.63) is 162 Å². The molecule has 0 N–H and O–H groups in total. The quantitative estimate of drug-likeness (QED) is 0.167. The second-order valence-electron chi connectivity index (χ2n) is 10.5. The van der Waals surface area contributed by atoms with Gasteiger partial charge in [0.15, 0.2) is 0 Å². The Kier molecular flexibility index (Phi) is 5.33. The lowest BCUT2D eigenvalue weighted by atomic mass is 9.92. The van der Waals surface area contributed by atoms with E-state index in [1.165, 1.54) is 0 Å². The van der Waals surface area contributed by atoms with E-state index in [0.29, 0.717) is 5.39 Å². The number of benzene rings is 6. The zero-order valence-corrected chi connectivity index (χ0v) is 22.3. The van der Waals surface area contributed by atoms with Crippen LogP contribution in [0.15, 0.2) is 156 Å². The molecule has 2 nitrogen and oxygen atoms in total. The van der Waals surface area contributed by atoms with Crippen LogP contribution in [0.3, 0.4) is 0 Å². The number of fused-ring (bicyclic) bond motifs is 7. The molecule has 0 saturated carbocycles. The Labute approximate surface area is 237 Å². The normalized spacial score (nSPS) is 11.5. The van der Waals surface area contributed by atoms with Crippen LogP contribution in [0.5, 0.6) is 0 Å². The van der Waals surface area contributed by atoms with Crippen LogP contribution < -0.4 is 5.56 Å². The van der Waals surface area contributed by atoms with Gasteiger partial charge in [0.1, 0.15) is 0 Å². The van der Waals surface area contributed by atoms with Crippen LogP contribution >= 0.6 is 0 Å². The highest BCUT2D eigenvalue weighted by molar-refractivity contribution is 6.20. The van der Waals surface area contributed by atoms with Crippen LogP contribution in [0.2, 0.25) is 0 Å². The topological polar surface area (TPSA) is 21.5 Å². The van der Waals surface area contributed by atoms with Gasteiger partial charge >= 0.3 is 0 Å². The lowest BCUT2D eigenvalue weighted by Gasteiger charge is -2.19. The lowest BCUT2D eigenvalue weighted by Crippen LogP contribution is -2.16. The fourth-order valence-corrected chi connectivity index (χ4v) is 6.27. The van der Waals surface area contributed by atoms with Gasteiger partial charge in [-0.1, -0.05) is 133 Å². The lowest BCUT2D eigenvalue weighted by molar-refractivity contribution is 1.19. The third-order valence-electron chi connectivity index (χ3n) is 8.17. The molecule has 41 heavy (non-hydrogen) atoms. The van der Waals surface area contributed by atoms with Crippen LogP contribution in [-0.4, -0.2) is 4.40 Å². The molecular weight excluding hydrogens is 498 g/mol. The molecule has 6 aromatic carbocycles. The Morgan fingerprint density at radius 3 is 1.51 bits per heavy atom. The van der Waals surface area contributed by atoms with Gasteiger partial charge in [0.05, 0.1) is 11.0 Å². The Hall–Kier alpha value is -5.47. The first-order valence-corrected chi connectivity index (χ1v) is 13.9. The highest BCUT2D eigenvalue weighted by Gasteiger charge is 2.20. The SMILES string of the molecule is O=c1c2cc(-c3ccccc3)ccc2c(-c2ccccc2)c2c3ccccc3c3cc(-c4ccccc4)ccc3n12. The van der Waals surface area contributed by atoms with Crippen molar-refractivity contribution < 1.29 is 0 Å². The Morgan fingerprint density at radius 2 is 0.878 bits per heavy atom. The molecule has 2 heteroatoms. The van der Waals surface area contributed by atoms with Crippen LogP contribution in [0, 0.1) is 0 Å². The van der Waals surface area contributed by atoms with E-state index in [9.17, 15) is 4.79 Å². The average molecular weight is 524 g/mol. The van der Waals surface area contributed by atoms with Gasteiger partial charge in [0.25, 0.3) is 5.56 Å². The zero-order chi connectivity index (χ0) is 27.3. The van der Waals surface area contributed by atoms with Crippen LogP contribution in [0.4, 0.5) is 0 Å². The molecule has 0 spiro atoms. The highest BCUT2D eigenvalue weighted by atomic mass is 16.1. The van der Waals surface area contributed by atoms with E-state index in [4.69, 9.17) is 0 Å². The molecule has 0 atom stereocenters. The monoisotopic (exact) mass is 523 g/mol. The summed E-state index contributed by atoms with van der Waals surface area (Å²) in [6.45, 7) is 0. The fourth-order valence-electron chi connectivity index (χ4n) is 6.27. The van der Waals surface area contributed by atoms with E-state index < -0.39 is 0 Å². The molecule has 2 heterocycles. The van der Waals surface area contributed by atoms with Gasteiger partial charge < -0.3 is 0 Å². The molecule has 0 unspecified atom stereocenters. The van der Waals surface area contributed by atoms with Crippen molar-refractivity contribution in [3.8, 4) is 33.4 Å². The Bertz CT molecular complexity index is 2300. The number of nitrogens with zero attached hydrogens (tertiary/aromatic N) is 1. The van der Waals surface area contributed by atoms with Gasteiger partial charge in [0, 0.05) is 21.7 Å². The molecule has 0 saturated heterocycles. The minimum absolute atomic E-state index is 0.00400. The van der Waals surface area contributed by atoms with Gasteiger partial charge in [0.2, 0.25) is 0 Å². The van der Waals surface area contributed by atoms with Gasteiger partial charge in [-0.2, -0.15) is 0 Å². The summed E-state index contributed by atoms with van der Waals surface area (Å²) in [6, 6.07) is 52.4. The maximum atomic E-state index is 14.6. The van der Waals surface area contributed by atoms with E-state index in [1.807, 2.05) is 34.7 Å². The zero-order valence-electron chi connectivity index (χ0n) is 22.3. The predicted molar refractivity (Wildman–Crippen MR) is 172 cm³/mol. The first-order valence-electron chi connectivity index (χ1n) is 13.9. The van der Waals surface area contributed by atoms with Crippen molar-refractivity contribution in [1.82, 2.24) is 4.40 Å². The van der Waals surface area contributed by atoms with Crippen molar-refractivity contribution in [3.63, 3.8) is 0 Å². The molecule has 0 aliphatic carbocycles. The first-order chi connectivity index (χ1) is 20.3. The average Bonchev–Trinajstić information content (AvgIpc) is 3.06. The Balaban J connectivity index is 1.59. The van der Waals surface area contributed by atoms with Crippen molar-refractivity contribution in [2.24, 2.45) is 0 Å². The molecule has 0 radical (unpaired) electrons. The van der Waals surface area contributed by atoms with Crippen LogP contribution in [0.25, 0.3) is 71.3 Å². The largest absolute Gasteiger partial charge is 0.275 e. The maximum Gasteiger partial charge on any atom is 0.263 e. The van der Waals surface area contributed by atoms with E-state index in [1.54, 1.807) is 0 Å². The summed E-state index contributed by atoms with van der Waals surface area (Å²) in [5, 5.41) is 4.94. The first kappa shape index (κ1) is 23.4. The molecule has 192 valence electrons. The molecule has 8 rings (SSSR count). The van der Waals surface area contributed by atoms with E-state index in [-0.39, 0.29) is 5.56 Å². The molecular formula is C39H25NO. The minimum atomic E-state index is -0.00400. The number of pyridine rings is 2. The van der Waals surface area contributed by atoms with Gasteiger partial charge in [-0.25, -0.2) is 0 Å². The Morgan fingerprint density at radius 1 is 0.366 bits per heavy atom. The number of rotatable bonds is 3. The van der Waals surface area contributed by atoms with E-state index in [2.05, 4.69) is 121 Å². The predicted octanol–water partition coefficient (Wildman–Crippen LogP) is 9.76. The van der Waals surface area contributed by atoms with Crippen molar-refractivity contribution >= 4 is 38.0 Å². The molecule has 8 aromatic rings. The summed E-state index contributed by atoms with van der Waals surface area (Å²) >= 11 is 0. The molecule has 2 aromatic heterocycles. The highest BCUT2D eigenvalue weighted by Crippen LogP contribution is 2.40. The number of hydrogen-bond donors (Lipinski definition) is 0. The third-order valence-corrected chi connectivity index (χ3v) is 8.17. The number of aromatic nitrogens is 1. The van der Waals surface area contributed by atoms with Crippen molar-refractivity contribution in [1.29, 1.82) is 0 Å². The molecule has 0 aliphatic heterocycles. The van der Waals surface area contributed by atoms with Gasteiger partial charge in [-0.15, -0.1) is 0 Å². The fraction of sp³-hybridized carbons (Fsp3) is 0. The maximum absolute atomic E-state index is 14.6. The molecule has 0 amide bonds. The third kappa shape index (κ3) is 3.69. The summed E-state index contributed by atoms with van der Waals surface area (Å²) in [7, 11) is 0. The van der Waals surface area contributed by atoms with Crippen LogP contribution in [0.1, 0.15) is 0 Å². The smallest absolute Gasteiger partial charge is 0.263 e. The van der Waals surface area contributed by atoms with Gasteiger partial charge in [-0.05, 0) is 56.8 Å².